The minimum absolute atomic E-state index is 0.0485. The second-order valence-corrected chi connectivity index (χ2v) is 8.00. The summed E-state index contributed by atoms with van der Waals surface area (Å²) in [5.41, 5.74) is 3.72. The lowest BCUT2D eigenvalue weighted by Crippen LogP contribution is -2.20. The van der Waals surface area contributed by atoms with Crippen LogP contribution in [0.25, 0.3) is 10.9 Å². The number of benzene rings is 2. The molecule has 0 bridgehead atoms. The van der Waals surface area contributed by atoms with Gasteiger partial charge in [-0.2, -0.15) is 23.5 Å². The van der Waals surface area contributed by atoms with Gasteiger partial charge in [-0.1, -0.05) is 25.1 Å². The number of carbonyl (C=O) groups is 2. The first kappa shape index (κ1) is 25.3. The van der Waals surface area contributed by atoms with E-state index in [1.54, 1.807) is 19.1 Å². The molecule has 0 atom stereocenters. The number of hydrogen-bond donors (Lipinski definition) is 2. The molecule has 188 valence electrons. The Labute approximate surface area is 207 Å². The van der Waals surface area contributed by atoms with E-state index in [2.05, 4.69) is 15.4 Å². The molecule has 0 saturated heterocycles. The summed E-state index contributed by atoms with van der Waals surface area (Å²) in [6.45, 7) is 1.55. The molecule has 2 aromatic heterocycles. The van der Waals surface area contributed by atoms with Gasteiger partial charge in [0.2, 0.25) is 5.91 Å². The third-order valence-corrected chi connectivity index (χ3v) is 5.60. The summed E-state index contributed by atoms with van der Waals surface area (Å²) < 4.78 is 57.1. The zero-order valence-electron chi connectivity index (χ0n) is 19.2. The molecule has 12 heteroatoms. The maximum absolute atomic E-state index is 14.3. The Kier molecular flexibility index (Phi) is 6.63. The predicted molar refractivity (Wildman–Crippen MR) is 125 cm³/mol. The summed E-state index contributed by atoms with van der Waals surface area (Å²) in [5.74, 6) is -2.89. The fourth-order valence-electron chi connectivity index (χ4n) is 3.91. The highest BCUT2D eigenvalue weighted by Gasteiger charge is 2.40. The summed E-state index contributed by atoms with van der Waals surface area (Å²) in [5, 5.41) is 14.7. The molecule has 2 heterocycles. The number of alkyl halides is 3. The Bertz CT molecular complexity index is 1570. The maximum atomic E-state index is 14.3. The molecular formula is C25H18F4N6O2. The Morgan fingerprint density at radius 1 is 1.16 bits per heavy atom. The molecule has 0 aliphatic carbocycles. The smallest absolute Gasteiger partial charge is 0.366 e. The largest absolute Gasteiger partial charge is 0.437 e. The summed E-state index contributed by atoms with van der Waals surface area (Å²) in [6, 6.07) is 12.9. The highest BCUT2D eigenvalue weighted by Crippen LogP contribution is 2.37. The van der Waals surface area contributed by atoms with Crippen LogP contribution >= 0.6 is 0 Å². The second-order valence-electron chi connectivity index (χ2n) is 8.00. The maximum Gasteiger partial charge on any atom is 0.437 e. The van der Waals surface area contributed by atoms with Gasteiger partial charge in [-0.15, -0.1) is 0 Å². The van der Waals surface area contributed by atoms with Crippen LogP contribution in [0.2, 0.25) is 0 Å². The molecule has 37 heavy (non-hydrogen) atoms. The van der Waals surface area contributed by atoms with Gasteiger partial charge in [0.05, 0.1) is 40.6 Å². The van der Waals surface area contributed by atoms with Crippen LogP contribution in [0.1, 0.15) is 50.3 Å². The average molecular weight is 510 g/mol. The number of nitrogens with zero attached hydrogens (tertiary/aromatic N) is 4. The molecule has 8 nitrogen and oxygen atoms in total. The quantitative estimate of drug-likeness (QED) is 0.371. The average Bonchev–Trinajstić information content (AvgIpc) is 3.20. The molecule has 0 fully saturated rings. The number of primary amides is 1. The van der Waals surface area contributed by atoms with Crippen molar-refractivity contribution in [3.05, 3.63) is 88.1 Å². The molecule has 0 radical (unpaired) electrons. The number of anilines is 1. The molecular weight excluding hydrogens is 492 g/mol. The van der Waals surface area contributed by atoms with Crippen molar-refractivity contribution in [3.63, 3.8) is 0 Å². The van der Waals surface area contributed by atoms with E-state index in [0.717, 1.165) is 16.8 Å². The number of nitrogens with two attached hydrogens (primary N) is 1. The number of rotatable bonds is 6. The molecule has 2 amide bonds. The van der Waals surface area contributed by atoms with Gasteiger partial charge < -0.3 is 11.1 Å². The van der Waals surface area contributed by atoms with E-state index < -0.39 is 40.9 Å². The SMILES string of the molecule is CCc1c(NC(=O)c2cc(C(N)=O)c3c(F)cccc3n2)c(C(F)(F)F)nn1Cc1ccc(C#N)cc1. The number of amides is 2. The van der Waals surface area contributed by atoms with E-state index >= 15 is 0 Å². The molecule has 4 rings (SSSR count). The van der Waals surface area contributed by atoms with Crippen molar-refractivity contribution in [2.45, 2.75) is 26.1 Å². The zero-order chi connectivity index (χ0) is 26.9. The van der Waals surface area contributed by atoms with Crippen LogP contribution in [0.5, 0.6) is 0 Å². The van der Waals surface area contributed by atoms with Crippen LogP contribution < -0.4 is 11.1 Å². The lowest BCUT2D eigenvalue weighted by molar-refractivity contribution is -0.140. The number of fused-ring (bicyclic) bond motifs is 1. The number of aromatic nitrogens is 3. The van der Waals surface area contributed by atoms with Crippen molar-refractivity contribution in [2.24, 2.45) is 5.73 Å². The van der Waals surface area contributed by atoms with Gasteiger partial charge in [0.25, 0.3) is 5.91 Å². The van der Waals surface area contributed by atoms with Crippen LogP contribution in [0.3, 0.4) is 0 Å². The molecule has 2 aromatic carbocycles. The number of pyridine rings is 1. The first-order valence-corrected chi connectivity index (χ1v) is 10.9. The van der Waals surface area contributed by atoms with E-state index in [4.69, 9.17) is 11.0 Å². The standard InChI is InChI=1S/C25H18F4N6O2/c1-2-19-21(22(25(27,28)29)34-35(19)12-14-8-6-13(11-30)7-9-14)33-24(37)18-10-15(23(31)36)20-16(26)4-3-5-17(20)32-18/h3-10H,2,12H2,1H3,(H2,31,36)(H,33,37). The van der Waals surface area contributed by atoms with Gasteiger partial charge in [-0.3, -0.25) is 14.3 Å². The van der Waals surface area contributed by atoms with E-state index in [-0.39, 0.29) is 35.1 Å². The number of nitriles is 1. The number of carbonyl (C=O) groups excluding carboxylic acids is 2. The van der Waals surface area contributed by atoms with Gasteiger partial charge >= 0.3 is 6.18 Å². The number of nitrogens with one attached hydrogen (secondary N) is 1. The summed E-state index contributed by atoms with van der Waals surface area (Å²) >= 11 is 0. The molecule has 4 aromatic rings. The third-order valence-electron chi connectivity index (χ3n) is 5.60. The summed E-state index contributed by atoms with van der Waals surface area (Å²) in [7, 11) is 0. The van der Waals surface area contributed by atoms with Crippen LogP contribution in [0.15, 0.2) is 48.5 Å². The van der Waals surface area contributed by atoms with Crippen LogP contribution in [0, 0.1) is 17.1 Å². The van der Waals surface area contributed by atoms with E-state index in [1.165, 1.54) is 24.3 Å². The van der Waals surface area contributed by atoms with Gasteiger partial charge in [0.15, 0.2) is 5.69 Å². The Morgan fingerprint density at radius 2 is 1.86 bits per heavy atom. The molecule has 0 aliphatic rings. The van der Waals surface area contributed by atoms with Crippen molar-refractivity contribution in [2.75, 3.05) is 5.32 Å². The van der Waals surface area contributed by atoms with Crippen molar-refractivity contribution < 1.29 is 27.2 Å². The predicted octanol–water partition coefficient (Wildman–Crippen LogP) is 4.42. The Hall–Kier alpha value is -4.79. The van der Waals surface area contributed by atoms with Gasteiger partial charge in [0.1, 0.15) is 11.5 Å². The first-order chi connectivity index (χ1) is 17.5. The monoisotopic (exact) mass is 510 g/mol. The minimum atomic E-state index is -4.90. The fraction of sp³-hybridized carbons (Fsp3) is 0.160. The van der Waals surface area contributed by atoms with Gasteiger partial charge in [0, 0.05) is 5.39 Å². The number of hydrogen-bond acceptors (Lipinski definition) is 5. The normalized spacial score (nSPS) is 11.4. The van der Waals surface area contributed by atoms with Gasteiger partial charge in [-0.05, 0) is 42.3 Å². The minimum Gasteiger partial charge on any atom is -0.366 e. The van der Waals surface area contributed by atoms with Gasteiger partial charge in [-0.25, -0.2) is 9.37 Å². The van der Waals surface area contributed by atoms with Crippen LogP contribution in [0.4, 0.5) is 23.2 Å². The van der Waals surface area contributed by atoms with Crippen molar-refractivity contribution in [3.8, 4) is 6.07 Å². The third kappa shape index (κ3) is 4.97. The lowest BCUT2D eigenvalue weighted by Gasteiger charge is -2.12. The lowest BCUT2D eigenvalue weighted by atomic mass is 10.1. The molecule has 0 aliphatic heterocycles. The number of halogens is 4. The molecule has 0 unspecified atom stereocenters. The highest BCUT2D eigenvalue weighted by molar-refractivity contribution is 6.10. The van der Waals surface area contributed by atoms with Crippen LogP contribution in [-0.4, -0.2) is 26.6 Å². The van der Waals surface area contributed by atoms with Crippen molar-refractivity contribution in [1.29, 1.82) is 5.26 Å². The summed E-state index contributed by atoms with van der Waals surface area (Å²) in [6.07, 6.45) is -4.82. The Balaban J connectivity index is 1.77. The zero-order valence-corrected chi connectivity index (χ0v) is 19.2. The Morgan fingerprint density at radius 3 is 2.46 bits per heavy atom. The topological polar surface area (TPSA) is 127 Å². The molecule has 0 saturated carbocycles. The van der Waals surface area contributed by atoms with Crippen LogP contribution in [-0.2, 0) is 19.1 Å². The second kappa shape index (κ2) is 9.69. The van der Waals surface area contributed by atoms with Crippen molar-refractivity contribution >= 4 is 28.4 Å². The van der Waals surface area contributed by atoms with E-state index in [0.29, 0.717) is 11.1 Å². The van der Waals surface area contributed by atoms with Crippen molar-refractivity contribution in [1.82, 2.24) is 14.8 Å². The first-order valence-electron chi connectivity index (χ1n) is 10.9. The highest BCUT2D eigenvalue weighted by atomic mass is 19.4. The van der Waals surface area contributed by atoms with E-state index in [9.17, 15) is 27.2 Å². The summed E-state index contributed by atoms with van der Waals surface area (Å²) in [4.78, 5) is 29.0. The van der Waals surface area contributed by atoms with E-state index in [1.807, 2.05) is 6.07 Å². The molecule has 0 spiro atoms. The fourth-order valence-corrected chi connectivity index (χ4v) is 3.91. The molecule has 3 N–H and O–H groups in total.